The molecule has 0 fully saturated rings. The summed E-state index contributed by atoms with van der Waals surface area (Å²) in [5.41, 5.74) is 3.36. The molecule has 0 radical (unpaired) electrons. The second-order valence-electron chi connectivity index (χ2n) is 6.92. The van der Waals surface area contributed by atoms with Crippen molar-refractivity contribution < 1.29 is 9.47 Å². The predicted molar refractivity (Wildman–Crippen MR) is 110 cm³/mol. The summed E-state index contributed by atoms with van der Waals surface area (Å²) in [6.07, 6.45) is 4.13. The van der Waals surface area contributed by atoms with Crippen LogP contribution in [0.5, 0.6) is 11.5 Å². The molecular formula is C22H24N4O3. The van der Waals surface area contributed by atoms with Gasteiger partial charge in [0.1, 0.15) is 5.82 Å². The lowest BCUT2D eigenvalue weighted by Crippen LogP contribution is -2.35. The number of para-hydroxylation sites is 1. The number of pyridine rings is 1. The number of hydrogen-bond donors (Lipinski definition) is 1. The maximum atomic E-state index is 12.7. The first kappa shape index (κ1) is 19.1. The van der Waals surface area contributed by atoms with Crippen LogP contribution in [-0.4, -0.2) is 40.1 Å². The Labute approximate surface area is 169 Å². The molecular weight excluding hydrogens is 368 g/mol. The molecule has 7 heteroatoms. The van der Waals surface area contributed by atoms with Gasteiger partial charge in [-0.2, -0.15) is 0 Å². The van der Waals surface area contributed by atoms with Crippen LogP contribution < -0.4 is 15.0 Å². The van der Waals surface area contributed by atoms with E-state index >= 15 is 0 Å². The van der Waals surface area contributed by atoms with Gasteiger partial charge in [-0.1, -0.05) is 12.1 Å². The zero-order valence-corrected chi connectivity index (χ0v) is 16.6. The summed E-state index contributed by atoms with van der Waals surface area (Å²) in [5.74, 6) is 2.06. The topological polar surface area (TPSA) is 80.3 Å². The molecule has 0 saturated heterocycles. The summed E-state index contributed by atoms with van der Waals surface area (Å²) < 4.78 is 11.3. The van der Waals surface area contributed by atoms with Crippen LogP contribution in [0.15, 0.2) is 47.5 Å². The third-order valence-corrected chi connectivity index (χ3v) is 5.05. The Hall–Kier alpha value is -3.19. The molecule has 0 atom stereocenters. The van der Waals surface area contributed by atoms with E-state index in [0.29, 0.717) is 25.5 Å². The van der Waals surface area contributed by atoms with E-state index in [-0.39, 0.29) is 5.56 Å². The van der Waals surface area contributed by atoms with Crippen molar-refractivity contribution in [3.05, 3.63) is 69.9 Å². The highest BCUT2D eigenvalue weighted by atomic mass is 16.5. The van der Waals surface area contributed by atoms with E-state index in [1.54, 1.807) is 19.5 Å². The van der Waals surface area contributed by atoms with Crippen molar-refractivity contribution >= 4 is 0 Å². The Balaban J connectivity index is 1.58. The van der Waals surface area contributed by atoms with Crippen molar-refractivity contribution in [2.45, 2.75) is 26.4 Å². The molecule has 4 rings (SSSR count). The summed E-state index contributed by atoms with van der Waals surface area (Å²) in [6, 6.07) is 9.63. The van der Waals surface area contributed by atoms with Crippen molar-refractivity contribution in [1.82, 2.24) is 19.9 Å². The molecule has 29 heavy (non-hydrogen) atoms. The van der Waals surface area contributed by atoms with Gasteiger partial charge in [0, 0.05) is 49.6 Å². The number of nitrogens with one attached hydrogen (secondary N) is 1. The van der Waals surface area contributed by atoms with Crippen molar-refractivity contribution in [2.75, 3.05) is 20.3 Å². The number of hydrogen-bond acceptors (Lipinski definition) is 6. The van der Waals surface area contributed by atoms with Crippen LogP contribution in [0.4, 0.5) is 0 Å². The number of methoxy groups -OCH3 is 1. The number of H-pyrrole nitrogens is 1. The average molecular weight is 392 g/mol. The minimum Gasteiger partial charge on any atom is -0.493 e. The fraction of sp³-hybridized carbons (Fsp3) is 0.318. The molecule has 0 aliphatic carbocycles. The van der Waals surface area contributed by atoms with Gasteiger partial charge in [-0.15, -0.1) is 0 Å². The minimum absolute atomic E-state index is 0.0887. The smallest absolute Gasteiger partial charge is 0.255 e. The standard InChI is InChI=1S/C22H24N4O3/c1-3-29-20-16(6-4-8-19(20)28-2)13-26-11-9-18-17(14-26)22(27)25-21(24-18)15-7-5-10-23-12-15/h4-8,10,12H,3,9,11,13-14H2,1-2H3,(H,24,25,27). The summed E-state index contributed by atoms with van der Waals surface area (Å²) >= 11 is 0. The average Bonchev–Trinajstić information content (AvgIpc) is 2.76. The number of fused-ring (bicyclic) bond motifs is 1. The van der Waals surface area contributed by atoms with Crippen molar-refractivity contribution in [2.24, 2.45) is 0 Å². The van der Waals surface area contributed by atoms with Crippen LogP contribution in [0.1, 0.15) is 23.7 Å². The van der Waals surface area contributed by atoms with Crippen LogP contribution >= 0.6 is 0 Å². The molecule has 1 aliphatic heterocycles. The van der Waals surface area contributed by atoms with Gasteiger partial charge in [-0.05, 0) is 25.1 Å². The Morgan fingerprint density at radius 1 is 1.24 bits per heavy atom. The zero-order chi connectivity index (χ0) is 20.2. The molecule has 2 aromatic heterocycles. The lowest BCUT2D eigenvalue weighted by Gasteiger charge is -2.28. The molecule has 1 aliphatic rings. The largest absolute Gasteiger partial charge is 0.493 e. The van der Waals surface area contributed by atoms with Gasteiger partial charge in [-0.3, -0.25) is 14.7 Å². The molecule has 7 nitrogen and oxygen atoms in total. The molecule has 3 heterocycles. The van der Waals surface area contributed by atoms with Gasteiger partial charge >= 0.3 is 0 Å². The minimum atomic E-state index is -0.0887. The van der Waals surface area contributed by atoms with Gasteiger partial charge in [0.2, 0.25) is 0 Å². The van der Waals surface area contributed by atoms with E-state index in [1.165, 1.54) is 0 Å². The normalized spacial score (nSPS) is 13.7. The van der Waals surface area contributed by atoms with Gasteiger partial charge in [0.05, 0.1) is 25.0 Å². The van der Waals surface area contributed by atoms with E-state index in [2.05, 4.69) is 14.9 Å². The van der Waals surface area contributed by atoms with E-state index in [0.717, 1.165) is 46.8 Å². The monoisotopic (exact) mass is 392 g/mol. The Morgan fingerprint density at radius 2 is 2.14 bits per heavy atom. The second kappa shape index (κ2) is 8.45. The van der Waals surface area contributed by atoms with Crippen LogP contribution in [0, 0.1) is 0 Å². The summed E-state index contributed by atoms with van der Waals surface area (Å²) in [6.45, 7) is 4.57. The van der Waals surface area contributed by atoms with Crippen molar-refractivity contribution in [1.29, 1.82) is 0 Å². The van der Waals surface area contributed by atoms with E-state index < -0.39 is 0 Å². The molecule has 1 N–H and O–H groups in total. The van der Waals surface area contributed by atoms with Gasteiger partial charge in [0.15, 0.2) is 11.5 Å². The summed E-state index contributed by atoms with van der Waals surface area (Å²) in [5, 5.41) is 0. The molecule has 150 valence electrons. The first-order valence-corrected chi connectivity index (χ1v) is 9.73. The van der Waals surface area contributed by atoms with Crippen molar-refractivity contribution in [3.63, 3.8) is 0 Å². The SMILES string of the molecule is CCOc1c(CN2CCc3nc(-c4cccnc4)[nH]c(=O)c3C2)cccc1OC. The van der Waals surface area contributed by atoms with Crippen LogP contribution in [0.3, 0.4) is 0 Å². The molecule has 0 bridgehead atoms. The molecule has 0 unspecified atom stereocenters. The van der Waals surface area contributed by atoms with E-state index in [9.17, 15) is 4.79 Å². The van der Waals surface area contributed by atoms with Gasteiger partial charge < -0.3 is 14.5 Å². The van der Waals surface area contributed by atoms with Crippen LogP contribution in [0.25, 0.3) is 11.4 Å². The highest BCUT2D eigenvalue weighted by Crippen LogP contribution is 2.32. The molecule has 3 aromatic rings. The Kier molecular flexibility index (Phi) is 5.57. The fourth-order valence-corrected chi connectivity index (χ4v) is 3.65. The first-order chi connectivity index (χ1) is 14.2. The molecule has 1 aromatic carbocycles. The fourth-order valence-electron chi connectivity index (χ4n) is 3.65. The number of benzene rings is 1. The summed E-state index contributed by atoms with van der Waals surface area (Å²) in [7, 11) is 1.64. The third kappa shape index (κ3) is 4.00. The molecule has 0 saturated carbocycles. The van der Waals surface area contributed by atoms with Gasteiger partial charge in [0.25, 0.3) is 5.56 Å². The number of rotatable bonds is 6. The number of ether oxygens (including phenoxy) is 2. The third-order valence-electron chi connectivity index (χ3n) is 5.05. The lowest BCUT2D eigenvalue weighted by atomic mass is 10.0. The second-order valence-corrected chi connectivity index (χ2v) is 6.92. The molecule has 0 amide bonds. The summed E-state index contributed by atoms with van der Waals surface area (Å²) in [4.78, 5) is 26.7. The number of aromatic nitrogens is 3. The highest BCUT2D eigenvalue weighted by molar-refractivity contribution is 5.53. The number of nitrogens with zero attached hydrogens (tertiary/aromatic N) is 3. The van der Waals surface area contributed by atoms with Crippen LogP contribution in [0.2, 0.25) is 0 Å². The first-order valence-electron chi connectivity index (χ1n) is 9.73. The number of aromatic amines is 1. The zero-order valence-electron chi connectivity index (χ0n) is 16.6. The Bertz CT molecular complexity index is 1050. The van der Waals surface area contributed by atoms with Gasteiger partial charge in [-0.25, -0.2) is 4.98 Å². The molecule has 0 spiro atoms. The van der Waals surface area contributed by atoms with E-state index in [4.69, 9.17) is 14.5 Å². The Morgan fingerprint density at radius 3 is 2.90 bits per heavy atom. The van der Waals surface area contributed by atoms with Crippen molar-refractivity contribution in [3.8, 4) is 22.9 Å². The maximum Gasteiger partial charge on any atom is 0.255 e. The maximum absolute atomic E-state index is 12.7. The highest BCUT2D eigenvalue weighted by Gasteiger charge is 2.23. The predicted octanol–water partition coefficient (Wildman–Crippen LogP) is 2.80. The lowest BCUT2D eigenvalue weighted by molar-refractivity contribution is 0.233. The quantitative estimate of drug-likeness (QED) is 0.695. The van der Waals surface area contributed by atoms with E-state index in [1.807, 2.05) is 37.3 Å². The van der Waals surface area contributed by atoms with Crippen LogP contribution in [-0.2, 0) is 19.5 Å².